The van der Waals surface area contributed by atoms with Crippen LogP contribution in [0.1, 0.15) is 37.3 Å². The number of piperidine rings is 2. The van der Waals surface area contributed by atoms with Crippen LogP contribution in [0.25, 0.3) is 11.1 Å². The van der Waals surface area contributed by atoms with Gasteiger partial charge in [-0.25, -0.2) is 0 Å². The van der Waals surface area contributed by atoms with E-state index in [-0.39, 0.29) is 11.8 Å². The van der Waals surface area contributed by atoms with Crippen LogP contribution < -0.4 is 10.1 Å². The minimum absolute atomic E-state index is 0.0201. The maximum Gasteiger partial charge on any atom is 0.235 e. The predicted octanol–water partition coefficient (Wildman–Crippen LogP) is 2.32. The number of likely N-dealkylation sites (tertiary alicyclic amines) is 1. The minimum atomic E-state index is -0.509. The van der Waals surface area contributed by atoms with Gasteiger partial charge in [-0.1, -0.05) is 12.1 Å². The quantitative estimate of drug-likeness (QED) is 0.795. The Kier molecular flexibility index (Phi) is 5.32. The van der Waals surface area contributed by atoms with Crippen molar-refractivity contribution in [2.75, 3.05) is 26.7 Å². The molecule has 2 aliphatic rings. The summed E-state index contributed by atoms with van der Waals surface area (Å²) in [6.07, 6.45) is 5.11. The summed E-state index contributed by atoms with van der Waals surface area (Å²) in [6, 6.07) is 7.96. The standard InChI is InChI=1S/C21H26N4O3/c1-28-16-5-2-4-15(12-16)18-13-23-24-19(18)14-7-10-25(11-8-14)21(27)17-6-3-9-22-20(17)26/h2,4-5,12-14,17H,3,6-11H2,1H3,(H,22,26)(H,23,24)/t17-/m1/s1. The predicted molar refractivity (Wildman–Crippen MR) is 105 cm³/mol. The van der Waals surface area contributed by atoms with Crippen molar-refractivity contribution < 1.29 is 14.3 Å². The van der Waals surface area contributed by atoms with Crippen molar-refractivity contribution in [2.24, 2.45) is 5.92 Å². The number of methoxy groups -OCH3 is 1. The van der Waals surface area contributed by atoms with Crippen molar-refractivity contribution in [1.82, 2.24) is 20.4 Å². The largest absolute Gasteiger partial charge is 0.497 e. The van der Waals surface area contributed by atoms with Gasteiger partial charge in [0.2, 0.25) is 11.8 Å². The van der Waals surface area contributed by atoms with Crippen LogP contribution >= 0.6 is 0 Å². The van der Waals surface area contributed by atoms with E-state index in [4.69, 9.17) is 4.74 Å². The summed E-state index contributed by atoms with van der Waals surface area (Å²) in [7, 11) is 1.66. The van der Waals surface area contributed by atoms with E-state index in [1.54, 1.807) is 7.11 Å². The van der Waals surface area contributed by atoms with Gasteiger partial charge in [-0.2, -0.15) is 5.10 Å². The number of hydrogen-bond acceptors (Lipinski definition) is 4. The van der Waals surface area contributed by atoms with E-state index in [0.717, 1.165) is 41.8 Å². The topological polar surface area (TPSA) is 87.3 Å². The SMILES string of the molecule is COc1cccc(-c2cn[nH]c2C2CCN(C(=O)[C@@H]3CCCNC3=O)CC2)c1. The number of hydrogen-bond donors (Lipinski definition) is 2. The molecule has 2 aliphatic heterocycles. The molecule has 0 radical (unpaired) electrons. The number of H-pyrrole nitrogens is 1. The molecule has 4 rings (SSSR count). The molecule has 148 valence electrons. The van der Waals surface area contributed by atoms with E-state index < -0.39 is 5.92 Å². The Hall–Kier alpha value is -2.83. The monoisotopic (exact) mass is 382 g/mol. The molecule has 7 heteroatoms. The summed E-state index contributed by atoms with van der Waals surface area (Å²) in [5, 5.41) is 10.2. The van der Waals surface area contributed by atoms with E-state index in [0.29, 0.717) is 32.0 Å². The molecule has 3 heterocycles. The third kappa shape index (κ3) is 3.61. The second-order valence-electron chi connectivity index (χ2n) is 7.51. The summed E-state index contributed by atoms with van der Waals surface area (Å²) in [6.45, 7) is 2.02. The number of aromatic amines is 1. The van der Waals surface area contributed by atoms with Gasteiger partial charge in [0, 0.05) is 36.8 Å². The number of nitrogens with zero attached hydrogens (tertiary/aromatic N) is 2. The molecular weight excluding hydrogens is 356 g/mol. The molecule has 1 atom stereocenters. The fourth-order valence-electron chi connectivity index (χ4n) is 4.24. The third-order valence-corrected chi connectivity index (χ3v) is 5.85. The molecule has 0 spiro atoms. The Morgan fingerprint density at radius 3 is 2.82 bits per heavy atom. The lowest BCUT2D eigenvalue weighted by Gasteiger charge is -2.34. The van der Waals surface area contributed by atoms with Crippen molar-refractivity contribution in [3.63, 3.8) is 0 Å². The van der Waals surface area contributed by atoms with Gasteiger partial charge in [-0.3, -0.25) is 14.7 Å². The Morgan fingerprint density at radius 2 is 2.07 bits per heavy atom. The molecule has 28 heavy (non-hydrogen) atoms. The summed E-state index contributed by atoms with van der Waals surface area (Å²) >= 11 is 0. The van der Waals surface area contributed by atoms with Gasteiger partial charge in [0.25, 0.3) is 0 Å². The summed E-state index contributed by atoms with van der Waals surface area (Å²) in [5.74, 6) is 0.481. The van der Waals surface area contributed by atoms with Crippen LogP contribution in [0.2, 0.25) is 0 Å². The molecule has 2 amide bonds. The molecule has 2 N–H and O–H groups in total. The number of rotatable bonds is 4. The van der Waals surface area contributed by atoms with Crippen molar-refractivity contribution in [3.05, 3.63) is 36.2 Å². The van der Waals surface area contributed by atoms with Crippen molar-refractivity contribution in [2.45, 2.75) is 31.6 Å². The Bertz CT molecular complexity index is 855. The number of carbonyl (C=O) groups excluding carboxylic acids is 2. The maximum absolute atomic E-state index is 12.7. The number of nitrogens with one attached hydrogen (secondary N) is 2. The van der Waals surface area contributed by atoms with Crippen molar-refractivity contribution in [3.8, 4) is 16.9 Å². The second kappa shape index (κ2) is 8.04. The lowest BCUT2D eigenvalue weighted by Crippen LogP contribution is -2.48. The molecule has 0 aliphatic carbocycles. The molecular formula is C21H26N4O3. The number of aromatic nitrogens is 2. The second-order valence-corrected chi connectivity index (χ2v) is 7.51. The maximum atomic E-state index is 12.7. The van der Waals surface area contributed by atoms with Gasteiger partial charge in [0.05, 0.1) is 13.3 Å². The zero-order chi connectivity index (χ0) is 19.5. The molecule has 2 saturated heterocycles. The number of ether oxygens (including phenoxy) is 1. The average molecular weight is 382 g/mol. The number of benzene rings is 1. The molecule has 1 aromatic carbocycles. The van der Waals surface area contributed by atoms with Crippen LogP contribution in [0.5, 0.6) is 5.75 Å². The highest BCUT2D eigenvalue weighted by atomic mass is 16.5. The van der Waals surface area contributed by atoms with Crippen LogP contribution in [-0.2, 0) is 9.59 Å². The van der Waals surface area contributed by atoms with E-state index in [1.165, 1.54) is 0 Å². The highest BCUT2D eigenvalue weighted by molar-refractivity contribution is 6.00. The summed E-state index contributed by atoms with van der Waals surface area (Å²) in [5.41, 5.74) is 3.26. The average Bonchev–Trinajstić information content (AvgIpc) is 3.24. The molecule has 0 bridgehead atoms. The lowest BCUT2D eigenvalue weighted by atomic mass is 9.88. The third-order valence-electron chi connectivity index (χ3n) is 5.85. The van der Waals surface area contributed by atoms with Crippen LogP contribution in [0.4, 0.5) is 0 Å². The van der Waals surface area contributed by atoms with E-state index in [1.807, 2.05) is 29.3 Å². The Balaban J connectivity index is 1.44. The molecule has 2 fully saturated rings. The molecule has 1 aromatic heterocycles. The van der Waals surface area contributed by atoms with Gasteiger partial charge in [0.15, 0.2) is 0 Å². The van der Waals surface area contributed by atoms with E-state index >= 15 is 0 Å². The summed E-state index contributed by atoms with van der Waals surface area (Å²) in [4.78, 5) is 26.6. The Labute approximate surface area is 164 Å². The smallest absolute Gasteiger partial charge is 0.235 e. The number of carbonyl (C=O) groups is 2. The zero-order valence-electron chi connectivity index (χ0n) is 16.1. The molecule has 7 nitrogen and oxygen atoms in total. The highest BCUT2D eigenvalue weighted by Crippen LogP contribution is 2.35. The van der Waals surface area contributed by atoms with E-state index in [9.17, 15) is 9.59 Å². The van der Waals surface area contributed by atoms with Crippen molar-refractivity contribution in [1.29, 1.82) is 0 Å². The Morgan fingerprint density at radius 1 is 1.25 bits per heavy atom. The van der Waals surface area contributed by atoms with Crippen molar-refractivity contribution >= 4 is 11.8 Å². The molecule has 0 saturated carbocycles. The fraction of sp³-hybridized carbons (Fsp3) is 0.476. The van der Waals surface area contributed by atoms with Gasteiger partial charge in [-0.15, -0.1) is 0 Å². The van der Waals surface area contributed by atoms with E-state index in [2.05, 4.69) is 21.6 Å². The van der Waals surface area contributed by atoms with Crippen LogP contribution in [0.3, 0.4) is 0 Å². The normalized spacial score (nSPS) is 20.7. The fourth-order valence-corrected chi connectivity index (χ4v) is 4.24. The van der Waals surface area contributed by atoms with Gasteiger partial charge in [-0.05, 0) is 43.4 Å². The first-order chi connectivity index (χ1) is 13.7. The van der Waals surface area contributed by atoms with Crippen LogP contribution in [-0.4, -0.2) is 53.7 Å². The first-order valence-electron chi connectivity index (χ1n) is 9.91. The lowest BCUT2D eigenvalue weighted by molar-refractivity contribution is -0.144. The van der Waals surface area contributed by atoms with Gasteiger partial charge in [0.1, 0.15) is 11.7 Å². The highest BCUT2D eigenvalue weighted by Gasteiger charge is 2.35. The van der Waals surface area contributed by atoms with Gasteiger partial charge < -0.3 is 15.0 Å². The summed E-state index contributed by atoms with van der Waals surface area (Å²) < 4.78 is 5.34. The number of amides is 2. The minimum Gasteiger partial charge on any atom is -0.497 e. The van der Waals surface area contributed by atoms with Gasteiger partial charge >= 0.3 is 0 Å². The first-order valence-corrected chi connectivity index (χ1v) is 9.91. The zero-order valence-corrected chi connectivity index (χ0v) is 16.1. The molecule has 2 aromatic rings. The first kappa shape index (κ1) is 18.5. The molecule has 0 unspecified atom stereocenters. The van der Waals surface area contributed by atoms with Crippen LogP contribution in [0.15, 0.2) is 30.5 Å². The van der Waals surface area contributed by atoms with Crippen LogP contribution in [0, 0.1) is 5.92 Å².